The highest BCUT2D eigenvalue weighted by molar-refractivity contribution is 5.79. The molecule has 0 aromatic carbocycles. The van der Waals surface area contributed by atoms with Crippen LogP contribution in [0.1, 0.15) is 85.0 Å². The minimum Gasteiger partial charge on any atom is -0.468 e. The Balaban J connectivity index is 3.30. The first-order chi connectivity index (χ1) is 9.54. The van der Waals surface area contributed by atoms with E-state index in [2.05, 4.69) is 12.2 Å². The van der Waals surface area contributed by atoms with E-state index < -0.39 is 5.54 Å². The Hall–Kier alpha value is -0.570. The van der Waals surface area contributed by atoms with Gasteiger partial charge in [-0.15, -0.1) is 0 Å². The predicted octanol–water partition coefficient (Wildman–Crippen LogP) is 4.45. The third-order valence-corrected chi connectivity index (χ3v) is 3.79. The zero-order valence-electron chi connectivity index (χ0n) is 14.1. The van der Waals surface area contributed by atoms with Gasteiger partial charge in [-0.05, 0) is 26.8 Å². The van der Waals surface area contributed by atoms with Crippen molar-refractivity contribution in [3.05, 3.63) is 0 Å². The topological polar surface area (TPSA) is 38.3 Å². The van der Waals surface area contributed by atoms with Gasteiger partial charge < -0.3 is 10.1 Å². The Morgan fingerprint density at radius 3 is 1.80 bits per heavy atom. The van der Waals surface area contributed by atoms with E-state index in [0.717, 1.165) is 13.0 Å². The molecule has 0 aliphatic carbocycles. The van der Waals surface area contributed by atoms with Gasteiger partial charge in [0.25, 0.3) is 0 Å². The maximum atomic E-state index is 11.5. The molecule has 20 heavy (non-hydrogen) atoms. The van der Waals surface area contributed by atoms with Crippen LogP contribution in [-0.4, -0.2) is 25.2 Å². The lowest BCUT2D eigenvalue weighted by molar-refractivity contribution is -0.147. The van der Waals surface area contributed by atoms with Crippen LogP contribution in [0, 0.1) is 0 Å². The number of hydrogen-bond donors (Lipinski definition) is 1. The van der Waals surface area contributed by atoms with Crippen LogP contribution in [-0.2, 0) is 9.53 Å². The van der Waals surface area contributed by atoms with Gasteiger partial charge in [-0.25, -0.2) is 0 Å². The third kappa shape index (κ3) is 10.2. The number of methoxy groups -OCH3 is 1. The zero-order chi connectivity index (χ0) is 15.3. The molecular weight excluding hydrogens is 250 g/mol. The van der Waals surface area contributed by atoms with Gasteiger partial charge in [-0.3, -0.25) is 4.79 Å². The van der Waals surface area contributed by atoms with Crippen molar-refractivity contribution in [2.24, 2.45) is 0 Å². The van der Waals surface area contributed by atoms with Crippen LogP contribution in [0.25, 0.3) is 0 Å². The molecule has 0 spiro atoms. The number of carbonyl (C=O) groups excluding carboxylic acids is 1. The van der Waals surface area contributed by atoms with Crippen molar-refractivity contribution < 1.29 is 9.53 Å². The highest BCUT2D eigenvalue weighted by Gasteiger charge is 2.27. The maximum Gasteiger partial charge on any atom is 0.325 e. The van der Waals surface area contributed by atoms with E-state index in [0.29, 0.717) is 0 Å². The van der Waals surface area contributed by atoms with Crippen LogP contribution in [0.15, 0.2) is 0 Å². The van der Waals surface area contributed by atoms with E-state index in [1.807, 2.05) is 13.8 Å². The van der Waals surface area contributed by atoms with Gasteiger partial charge in [0.05, 0.1) is 7.11 Å². The van der Waals surface area contributed by atoms with E-state index in [-0.39, 0.29) is 5.97 Å². The highest BCUT2D eigenvalue weighted by Crippen LogP contribution is 2.11. The molecule has 3 nitrogen and oxygen atoms in total. The first kappa shape index (κ1) is 19.4. The van der Waals surface area contributed by atoms with Crippen molar-refractivity contribution in [2.45, 2.75) is 90.5 Å². The molecular formula is C17H35NO2. The van der Waals surface area contributed by atoms with E-state index in [4.69, 9.17) is 4.74 Å². The third-order valence-electron chi connectivity index (χ3n) is 3.79. The Morgan fingerprint density at radius 2 is 1.35 bits per heavy atom. The zero-order valence-corrected chi connectivity index (χ0v) is 14.1. The lowest BCUT2D eigenvalue weighted by Crippen LogP contribution is -2.47. The summed E-state index contributed by atoms with van der Waals surface area (Å²) < 4.78 is 4.76. The van der Waals surface area contributed by atoms with Crippen LogP contribution < -0.4 is 5.32 Å². The first-order valence-corrected chi connectivity index (χ1v) is 8.38. The summed E-state index contributed by atoms with van der Waals surface area (Å²) in [5, 5.41) is 3.26. The van der Waals surface area contributed by atoms with Crippen LogP contribution in [0.2, 0.25) is 0 Å². The van der Waals surface area contributed by atoms with Gasteiger partial charge >= 0.3 is 5.97 Å². The van der Waals surface area contributed by atoms with Gasteiger partial charge in [0.1, 0.15) is 5.54 Å². The van der Waals surface area contributed by atoms with Crippen molar-refractivity contribution in [3.63, 3.8) is 0 Å². The summed E-state index contributed by atoms with van der Waals surface area (Å²) in [4.78, 5) is 11.5. The fourth-order valence-corrected chi connectivity index (χ4v) is 2.34. The molecule has 0 aliphatic heterocycles. The monoisotopic (exact) mass is 285 g/mol. The van der Waals surface area contributed by atoms with Gasteiger partial charge in [0, 0.05) is 0 Å². The van der Waals surface area contributed by atoms with Gasteiger partial charge in [0.2, 0.25) is 0 Å². The Labute approximate surface area is 125 Å². The average Bonchev–Trinajstić information content (AvgIpc) is 2.43. The Bertz CT molecular complexity index is 239. The highest BCUT2D eigenvalue weighted by atomic mass is 16.5. The number of ether oxygens (including phenoxy) is 1. The van der Waals surface area contributed by atoms with Crippen molar-refractivity contribution in [2.75, 3.05) is 13.7 Å². The number of hydrogen-bond acceptors (Lipinski definition) is 3. The minimum atomic E-state index is -0.561. The molecule has 0 heterocycles. The molecule has 0 saturated heterocycles. The van der Waals surface area contributed by atoms with Crippen LogP contribution in [0.3, 0.4) is 0 Å². The number of carbonyl (C=O) groups is 1. The molecule has 3 heteroatoms. The van der Waals surface area contributed by atoms with Crippen molar-refractivity contribution >= 4 is 5.97 Å². The molecule has 0 amide bonds. The second-order valence-corrected chi connectivity index (χ2v) is 6.23. The molecule has 0 bridgehead atoms. The summed E-state index contributed by atoms with van der Waals surface area (Å²) in [6.07, 6.45) is 13.4. The molecule has 1 N–H and O–H groups in total. The summed E-state index contributed by atoms with van der Waals surface area (Å²) in [5.74, 6) is -0.190. The molecule has 0 radical (unpaired) electrons. The van der Waals surface area contributed by atoms with Crippen molar-refractivity contribution in [3.8, 4) is 0 Å². The molecule has 0 unspecified atom stereocenters. The number of nitrogens with one attached hydrogen (secondary N) is 1. The number of rotatable bonds is 13. The standard InChI is InChI=1S/C17H35NO2/c1-5-6-7-8-9-10-11-12-13-14-15-18-17(2,3)16(19)20-4/h18H,5-15H2,1-4H3. The second kappa shape index (κ2) is 12.2. The fraction of sp³-hybridized carbons (Fsp3) is 0.941. The normalized spacial score (nSPS) is 11.6. The summed E-state index contributed by atoms with van der Waals surface area (Å²) in [5.41, 5.74) is -0.561. The largest absolute Gasteiger partial charge is 0.468 e. The lowest BCUT2D eigenvalue weighted by atomic mass is 10.0. The van der Waals surface area contributed by atoms with Gasteiger partial charge in [-0.2, -0.15) is 0 Å². The van der Waals surface area contributed by atoms with E-state index in [1.165, 1.54) is 64.9 Å². The Morgan fingerprint density at radius 1 is 0.900 bits per heavy atom. The molecule has 0 aromatic rings. The van der Waals surface area contributed by atoms with Crippen molar-refractivity contribution in [1.29, 1.82) is 0 Å². The quantitative estimate of drug-likeness (QED) is 0.401. The van der Waals surface area contributed by atoms with Crippen molar-refractivity contribution in [1.82, 2.24) is 5.32 Å². The maximum absolute atomic E-state index is 11.5. The van der Waals surface area contributed by atoms with E-state index in [1.54, 1.807) is 0 Å². The molecule has 0 saturated carbocycles. The minimum absolute atomic E-state index is 0.190. The number of unbranched alkanes of at least 4 members (excludes halogenated alkanes) is 9. The molecule has 0 aliphatic rings. The molecule has 0 atom stereocenters. The summed E-state index contributed by atoms with van der Waals surface area (Å²) in [6.45, 7) is 6.89. The second-order valence-electron chi connectivity index (χ2n) is 6.23. The summed E-state index contributed by atoms with van der Waals surface area (Å²) in [7, 11) is 1.44. The molecule has 0 aromatic heterocycles. The van der Waals surface area contributed by atoms with Gasteiger partial charge in [-0.1, -0.05) is 64.7 Å². The average molecular weight is 285 g/mol. The van der Waals surface area contributed by atoms with E-state index >= 15 is 0 Å². The van der Waals surface area contributed by atoms with Crippen LogP contribution >= 0.6 is 0 Å². The molecule has 120 valence electrons. The predicted molar refractivity (Wildman–Crippen MR) is 85.9 cm³/mol. The summed E-state index contributed by atoms with van der Waals surface area (Å²) >= 11 is 0. The Kier molecular flexibility index (Phi) is 11.8. The SMILES string of the molecule is CCCCCCCCCCCCNC(C)(C)C(=O)OC. The fourth-order valence-electron chi connectivity index (χ4n) is 2.34. The van der Waals surface area contributed by atoms with E-state index in [9.17, 15) is 4.79 Å². The van der Waals surface area contributed by atoms with Crippen LogP contribution in [0.5, 0.6) is 0 Å². The first-order valence-electron chi connectivity index (χ1n) is 8.38. The molecule has 0 fully saturated rings. The summed E-state index contributed by atoms with van der Waals surface area (Å²) in [6, 6.07) is 0. The smallest absolute Gasteiger partial charge is 0.325 e. The van der Waals surface area contributed by atoms with Crippen LogP contribution in [0.4, 0.5) is 0 Å². The number of esters is 1. The molecule has 0 rings (SSSR count). The lowest BCUT2D eigenvalue weighted by Gasteiger charge is -2.23. The van der Waals surface area contributed by atoms with Gasteiger partial charge in [0.15, 0.2) is 0 Å².